The average molecular weight is 474 g/mol. The lowest BCUT2D eigenvalue weighted by molar-refractivity contribution is 0.0434. The van der Waals surface area contributed by atoms with Gasteiger partial charge in [0.25, 0.3) is 0 Å². The lowest BCUT2D eigenvalue weighted by Crippen LogP contribution is -2.34. The van der Waals surface area contributed by atoms with Crippen LogP contribution in [0.2, 0.25) is 5.02 Å². The molecular formula is C25H20ClN5O3. The summed E-state index contributed by atoms with van der Waals surface area (Å²) in [4.78, 5) is 25.1. The van der Waals surface area contributed by atoms with Gasteiger partial charge in [0.1, 0.15) is 35.4 Å². The molecule has 0 bridgehead atoms. The van der Waals surface area contributed by atoms with Crippen molar-refractivity contribution in [3.63, 3.8) is 0 Å². The normalized spacial score (nSPS) is 17.8. The molecule has 1 fully saturated rings. The summed E-state index contributed by atoms with van der Waals surface area (Å²) in [5.41, 5.74) is 1.28. The first-order valence-electron chi connectivity index (χ1n) is 10.8. The van der Waals surface area contributed by atoms with Crippen LogP contribution in [0.25, 0.3) is 11.0 Å². The average Bonchev–Trinajstić information content (AvgIpc) is 3.30. The summed E-state index contributed by atoms with van der Waals surface area (Å²) in [6.07, 6.45) is 4.05. The molecule has 1 aliphatic heterocycles. The summed E-state index contributed by atoms with van der Waals surface area (Å²) in [5.74, 6) is 1.48. The molecule has 2 aromatic heterocycles. The molecule has 170 valence electrons. The minimum absolute atomic E-state index is 0.0291. The van der Waals surface area contributed by atoms with E-state index in [1.54, 1.807) is 24.4 Å². The zero-order valence-electron chi connectivity index (χ0n) is 18.0. The Morgan fingerprint density at radius 2 is 2.00 bits per heavy atom. The van der Waals surface area contributed by atoms with Crippen molar-refractivity contribution in [2.24, 2.45) is 0 Å². The molecule has 5 rings (SSSR count). The number of nitrogens with one attached hydrogen (secondary N) is 2. The first-order valence-corrected chi connectivity index (χ1v) is 11.2. The van der Waals surface area contributed by atoms with E-state index in [4.69, 9.17) is 26.3 Å². The van der Waals surface area contributed by atoms with Crippen molar-refractivity contribution >= 4 is 34.2 Å². The van der Waals surface area contributed by atoms with Gasteiger partial charge in [-0.1, -0.05) is 29.8 Å². The van der Waals surface area contributed by atoms with Crippen molar-refractivity contribution in [1.82, 2.24) is 15.0 Å². The van der Waals surface area contributed by atoms with Gasteiger partial charge in [0.05, 0.1) is 34.7 Å². The van der Waals surface area contributed by atoms with Gasteiger partial charge in [-0.3, -0.25) is 4.79 Å². The molecule has 9 heteroatoms. The molecule has 2 N–H and O–H groups in total. The second-order valence-corrected chi connectivity index (χ2v) is 8.31. The van der Waals surface area contributed by atoms with Gasteiger partial charge in [-0.2, -0.15) is 5.26 Å². The number of rotatable bonds is 6. The molecule has 2 aromatic carbocycles. The van der Waals surface area contributed by atoms with E-state index in [1.165, 1.54) is 6.33 Å². The van der Waals surface area contributed by atoms with E-state index in [2.05, 4.69) is 26.3 Å². The van der Waals surface area contributed by atoms with Crippen LogP contribution >= 0.6 is 11.6 Å². The van der Waals surface area contributed by atoms with Crippen molar-refractivity contribution in [3.8, 4) is 17.6 Å². The number of aromatic nitrogens is 3. The molecule has 34 heavy (non-hydrogen) atoms. The summed E-state index contributed by atoms with van der Waals surface area (Å²) in [5, 5.41) is 13.2. The lowest BCUT2D eigenvalue weighted by atomic mass is 10.0. The number of ketones is 1. The number of hydrogen-bond donors (Lipinski definition) is 2. The molecule has 0 amide bonds. The number of para-hydroxylation sites is 1. The number of hydrogen-bond acceptors (Lipinski definition) is 7. The van der Waals surface area contributed by atoms with Crippen LogP contribution in [0, 0.1) is 11.3 Å². The molecule has 4 aromatic rings. The fourth-order valence-corrected chi connectivity index (χ4v) is 4.18. The highest BCUT2D eigenvalue weighted by molar-refractivity contribution is 6.35. The number of nitrogens with zero attached hydrogens (tertiary/aromatic N) is 3. The smallest absolute Gasteiger partial charge is 0.196 e. The van der Waals surface area contributed by atoms with Gasteiger partial charge < -0.3 is 19.8 Å². The number of fused-ring (bicyclic) bond motifs is 1. The van der Waals surface area contributed by atoms with E-state index >= 15 is 0 Å². The highest BCUT2D eigenvalue weighted by Crippen LogP contribution is 2.31. The molecule has 0 radical (unpaired) electrons. The summed E-state index contributed by atoms with van der Waals surface area (Å²) in [6.45, 7) is 0.381. The third-order valence-corrected chi connectivity index (χ3v) is 5.95. The molecule has 3 heterocycles. The third kappa shape index (κ3) is 4.44. The summed E-state index contributed by atoms with van der Waals surface area (Å²) in [7, 11) is 0. The van der Waals surface area contributed by atoms with Crippen molar-refractivity contribution in [2.75, 3.05) is 11.9 Å². The van der Waals surface area contributed by atoms with Crippen LogP contribution in [0.15, 0.2) is 61.1 Å². The Hall–Kier alpha value is -3.93. The standard InChI is InChI=1S/C25H20ClN5O3/c26-21-10-17(34-16-4-2-1-3-5-16)8-9-19(21)23(32)20-12-28-24-22(20)25(30-14-29-24)31-15-6-7-18(11-27)33-13-15/h1-5,8-10,12,14-15,18H,6-7,13H2,(H2,28,29,30,31). The summed E-state index contributed by atoms with van der Waals surface area (Å²) >= 11 is 6.48. The second kappa shape index (κ2) is 9.51. The van der Waals surface area contributed by atoms with Gasteiger partial charge in [-0.05, 0) is 37.1 Å². The van der Waals surface area contributed by atoms with E-state index in [-0.39, 0.29) is 23.0 Å². The van der Waals surface area contributed by atoms with E-state index in [0.29, 0.717) is 52.5 Å². The minimum atomic E-state index is -0.385. The highest BCUT2D eigenvalue weighted by Gasteiger charge is 2.25. The number of nitriles is 1. The number of carbonyl (C=O) groups excluding carboxylic acids is 1. The second-order valence-electron chi connectivity index (χ2n) is 7.90. The zero-order valence-corrected chi connectivity index (χ0v) is 18.7. The van der Waals surface area contributed by atoms with Crippen LogP contribution in [0.3, 0.4) is 0 Å². The fraction of sp³-hybridized carbons (Fsp3) is 0.200. The Kier molecular flexibility index (Phi) is 6.12. The molecule has 1 aliphatic rings. The minimum Gasteiger partial charge on any atom is -0.457 e. The maximum Gasteiger partial charge on any atom is 0.196 e. The van der Waals surface area contributed by atoms with Gasteiger partial charge >= 0.3 is 0 Å². The molecule has 2 unspecified atom stereocenters. The fourth-order valence-electron chi connectivity index (χ4n) is 3.93. The third-order valence-electron chi connectivity index (χ3n) is 5.64. The largest absolute Gasteiger partial charge is 0.457 e. The topological polar surface area (TPSA) is 113 Å². The molecule has 8 nitrogen and oxygen atoms in total. The molecule has 0 aliphatic carbocycles. The summed E-state index contributed by atoms with van der Waals surface area (Å²) in [6, 6.07) is 16.4. The van der Waals surface area contributed by atoms with E-state index < -0.39 is 0 Å². The number of aromatic amines is 1. The van der Waals surface area contributed by atoms with Crippen LogP contribution in [0.4, 0.5) is 5.82 Å². The van der Waals surface area contributed by atoms with Crippen molar-refractivity contribution in [1.29, 1.82) is 5.26 Å². The van der Waals surface area contributed by atoms with Crippen LogP contribution in [-0.4, -0.2) is 39.5 Å². The number of carbonyl (C=O) groups is 1. The first-order chi connectivity index (χ1) is 16.6. The van der Waals surface area contributed by atoms with Gasteiger partial charge in [0.2, 0.25) is 0 Å². The highest BCUT2D eigenvalue weighted by atomic mass is 35.5. The van der Waals surface area contributed by atoms with Crippen LogP contribution < -0.4 is 10.1 Å². The van der Waals surface area contributed by atoms with Crippen molar-refractivity contribution in [3.05, 3.63) is 77.2 Å². The van der Waals surface area contributed by atoms with Gasteiger partial charge in [0.15, 0.2) is 5.78 Å². The zero-order chi connectivity index (χ0) is 23.5. The van der Waals surface area contributed by atoms with Gasteiger partial charge in [-0.25, -0.2) is 9.97 Å². The van der Waals surface area contributed by atoms with E-state index in [0.717, 1.165) is 6.42 Å². The molecule has 1 saturated heterocycles. The van der Waals surface area contributed by atoms with Crippen LogP contribution in [0.1, 0.15) is 28.8 Å². The van der Waals surface area contributed by atoms with Gasteiger partial charge in [0, 0.05) is 17.8 Å². The number of ether oxygens (including phenoxy) is 2. The summed E-state index contributed by atoms with van der Waals surface area (Å²) < 4.78 is 11.4. The van der Waals surface area contributed by atoms with Crippen molar-refractivity contribution in [2.45, 2.75) is 25.0 Å². The maximum atomic E-state index is 13.4. The molecular weight excluding hydrogens is 454 g/mol. The number of anilines is 1. The number of H-pyrrole nitrogens is 1. The van der Waals surface area contributed by atoms with Gasteiger partial charge in [-0.15, -0.1) is 0 Å². The van der Waals surface area contributed by atoms with Crippen molar-refractivity contribution < 1.29 is 14.3 Å². The Morgan fingerprint density at radius 1 is 1.15 bits per heavy atom. The SMILES string of the molecule is N#CC1CCC(Nc2ncnc3[nH]cc(C(=O)c4ccc(Oc5ccccc5)cc4Cl)c23)CO1. The molecule has 0 saturated carbocycles. The number of halogens is 1. The molecule has 2 atom stereocenters. The Labute approximate surface area is 200 Å². The molecule has 0 spiro atoms. The Morgan fingerprint density at radius 3 is 2.74 bits per heavy atom. The van der Waals surface area contributed by atoms with Crippen LogP contribution in [0.5, 0.6) is 11.5 Å². The predicted molar refractivity (Wildman–Crippen MR) is 127 cm³/mol. The predicted octanol–water partition coefficient (Wildman–Crippen LogP) is 5.12. The van der Waals surface area contributed by atoms with E-state index in [1.807, 2.05) is 30.3 Å². The first kappa shape index (κ1) is 21.9. The quantitative estimate of drug-likeness (QED) is 0.374. The lowest BCUT2D eigenvalue weighted by Gasteiger charge is -2.26. The Bertz CT molecular complexity index is 1370. The monoisotopic (exact) mass is 473 g/mol. The van der Waals surface area contributed by atoms with Crippen LogP contribution in [-0.2, 0) is 4.74 Å². The maximum absolute atomic E-state index is 13.4. The number of benzene rings is 2. The Balaban J connectivity index is 1.41. The van der Waals surface area contributed by atoms with E-state index in [9.17, 15) is 4.79 Å².